The molecule has 2 heterocycles. The molecular formula is C19H16N6O2. The monoisotopic (exact) mass is 360 g/mol. The van der Waals surface area contributed by atoms with Crippen LogP contribution in [0.4, 0.5) is 11.6 Å². The van der Waals surface area contributed by atoms with Crippen molar-refractivity contribution < 1.29 is 4.42 Å². The van der Waals surface area contributed by atoms with Crippen LogP contribution in [-0.4, -0.2) is 15.7 Å². The lowest BCUT2D eigenvalue weighted by Crippen LogP contribution is -2.15. The molecule has 8 heteroatoms. The van der Waals surface area contributed by atoms with Crippen molar-refractivity contribution in [3.05, 3.63) is 70.6 Å². The fraction of sp³-hybridized carbons (Fsp3) is 0.0526. The highest BCUT2D eigenvalue weighted by Crippen LogP contribution is 2.20. The molecule has 2 aromatic heterocycles. The van der Waals surface area contributed by atoms with Crippen molar-refractivity contribution >= 4 is 39.4 Å². The third kappa shape index (κ3) is 3.21. The lowest BCUT2D eigenvalue weighted by atomic mass is 10.1. The highest BCUT2D eigenvalue weighted by molar-refractivity contribution is 6.00. The first-order valence-corrected chi connectivity index (χ1v) is 8.22. The zero-order valence-corrected chi connectivity index (χ0v) is 14.4. The Morgan fingerprint density at radius 1 is 1.04 bits per heavy atom. The van der Waals surface area contributed by atoms with E-state index < -0.39 is 5.63 Å². The highest BCUT2D eigenvalue weighted by atomic mass is 16.4. The van der Waals surface area contributed by atoms with Crippen LogP contribution < -0.4 is 22.3 Å². The molecule has 4 aromatic rings. The van der Waals surface area contributed by atoms with Crippen LogP contribution in [0, 0.1) is 0 Å². The second-order valence-corrected chi connectivity index (χ2v) is 5.85. The number of hydrogen-bond acceptors (Lipinski definition) is 8. The Kier molecular flexibility index (Phi) is 4.23. The Labute approximate surface area is 153 Å². The van der Waals surface area contributed by atoms with Crippen LogP contribution in [-0.2, 0) is 0 Å². The number of nitrogens with two attached hydrogens (primary N) is 1. The minimum Gasteiger partial charge on any atom is -0.422 e. The second kappa shape index (κ2) is 6.85. The molecule has 2 aromatic carbocycles. The van der Waals surface area contributed by atoms with Gasteiger partial charge in [0, 0.05) is 5.39 Å². The summed E-state index contributed by atoms with van der Waals surface area (Å²) >= 11 is 0. The molecule has 134 valence electrons. The first-order valence-electron chi connectivity index (χ1n) is 8.22. The van der Waals surface area contributed by atoms with E-state index in [9.17, 15) is 4.79 Å². The molecular weight excluding hydrogens is 344 g/mol. The maximum absolute atomic E-state index is 12.2. The van der Waals surface area contributed by atoms with Gasteiger partial charge >= 0.3 is 5.63 Å². The molecule has 0 spiro atoms. The molecule has 27 heavy (non-hydrogen) atoms. The maximum Gasteiger partial charge on any atom is 0.345 e. The molecule has 0 amide bonds. The van der Waals surface area contributed by atoms with Crippen LogP contribution in [0.3, 0.4) is 0 Å². The third-order valence-electron chi connectivity index (χ3n) is 4.07. The van der Waals surface area contributed by atoms with Crippen molar-refractivity contribution in [2.24, 2.45) is 10.9 Å². The number of hydrazone groups is 1. The lowest BCUT2D eigenvalue weighted by molar-refractivity contribution is 0.559. The molecule has 0 atom stereocenters. The van der Waals surface area contributed by atoms with E-state index in [2.05, 4.69) is 25.9 Å². The van der Waals surface area contributed by atoms with Gasteiger partial charge < -0.3 is 9.84 Å². The van der Waals surface area contributed by atoms with Crippen LogP contribution in [0.2, 0.25) is 0 Å². The molecule has 4 N–H and O–H groups in total. The summed E-state index contributed by atoms with van der Waals surface area (Å²) in [5, 5.41) is 5.07. The van der Waals surface area contributed by atoms with Gasteiger partial charge in [-0.15, -0.1) is 0 Å². The summed E-state index contributed by atoms with van der Waals surface area (Å²) in [6, 6.07) is 16.5. The Bertz CT molecular complexity index is 1230. The van der Waals surface area contributed by atoms with Gasteiger partial charge in [0.15, 0.2) is 11.6 Å². The number of nitrogens with zero attached hydrogens (tertiary/aromatic N) is 3. The van der Waals surface area contributed by atoms with Crippen molar-refractivity contribution in [3.63, 3.8) is 0 Å². The van der Waals surface area contributed by atoms with Gasteiger partial charge in [-0.2, -0.15) is 5.10 Å². The molecule has 0 bridgehead atoms. The van der Waals surface area contributed by atoms with Crippen molar-refractivity contribution in [1.82, 2.24) is 9.97 Å². The predicted molar refractivity (Wildman–Crippen MR) is 106 cm³/mol. The van der Waals surface area contributed by atoms with E-state index in [0.717, 1.165) is 5.39 Å². The number of benzene rings is 2. The average Bonchev–Trinajstić information content (AvgIpc) is 2.70. The second-order valence-electron chi connectivity index (χ2n) is 5.85. The standard InChI is InChI=1S/C19H16N6O2/c1-11(13-10-12-6-2-5-9-16(12)27-19(13)26)24-25-18-17(23-20)21-14-7-3-4-8-15(14)22-18/h2-10H,20H2,1H3,(H,21,23)(H,22,25). The summed E-state index contributed by atoms with van der Waals surface area (Å²) < 4.78 is 5.34. The Morgan fingerprint density at radius 3 is 2.44 bits per heavy atom. The zero-order valence-electron chi connectivity index (χ0n) is 14.4. The van der Waals surface area contributed by atoms with E-state index in [-0.39, 0.29) is 0 Å². The van der Waals surface area contributed by atoms with Gasteiger partial charge in [-0.05, 0) is 31.2 Å². The largest absolute Gasteiger partial charge is 0.422 e. The number of rotatable bonds is 4. The molecule has 4 rings (SSSR count). The topological polar surface area (TPSA) is 118 Å². The van der Waals surface area contributed by atoms with Gasteiger partial charge in [-0.25, -0.2) is 20.6 Å². The minimum atomic E-state index is -0.460. The number of para-hydroxylation sites is 3. The lowest BCUT2D eigenvalue weighted by Gasteiger charge is -2.09. The number of aromatic nitrogens is 2. The van der Waals surface area contributed by atoms with Gasteiger partial charge in [-0.1, -0.05) is 30.3 Å². The smallest absolute Gasteiger partial charge is 0.345 e. The van der Waals surface area contributed by atoms with Crippen LogP contribution >= 0.6 is 0 Å². The van der Waals surface area contributed by atoms with Crippen molar-refractivity contribution in [2.45, 2.75) is 6.92 Å². The molecule has 0 saturated heterocycles. The Hall–Kier alpha value is -3.78. The van der Waals surface area contributed by atoms with E-state index in [1.54, 1.807) is 19.1 Å². The van der Waals surface area contributed by atoms with Crippen LogP contribution in [0.1, 0.15) is 12.5 Å². The molecule has 0 aliphatic rings. The van der Waals surface area contributed by atoms with Gasteiger partial charge in [0.2, 0.25) is 0 Å². The number of hydrogen-bond donors (Lipinski definition) is 3. The van der Waals surface area contributed by atoms with E-state index in [1.165, 1.54) is 0 Å². The van der Waals surface area contributed by atoms with E-state index >= 15 is 0 Å². The predicted octanol–water partition coefficient (Wildman–Crippen LogP) is 2.86. The highest BCUT2D eigenvalue weighted by Gasteiger charge is 2.10. The molecule has 0 fully saturated rings. The molecule has 8 nitrogen and oxygen atoms in total. The SMILES string of the molecule is CC(=NNc1nc2ccccc2nc1NN)c1cc2ccccc2oc1=O. The fourth-order valence-electron chi connectivity index (χ4n) is 2.69. The maximum atomic E-state index is 12.2. The first-order chi connectivity index (χ1) is 13.2. The Balaban J connectivity index is 1.71. The van der Waals surface area contributed by atoms with Gasteiger partial charge in [0.1, 0.15) is 5.58 Å². The van der Waals surface area contributed by atoms with Gasteiger partial charge in [0.25, 0.3) is 0 Å². The van der Waals surface area contributed by atoms with E-state index in [4.69, 9.17) is 10.3 Å². The zero-order chi connectivity index (χ0) is 18.8. The van der Waals surface area contributed by atoms with E-state index in [0.29, 0.717) is 39.5 Å². The number of anilines is 2. The molecule has 0 aliphatic carbocycles. The first kappa shape index (κ1) is 16.7. The molecule has 0 aliphatic heterocycles. The summed E-state index contributed by atoms with van der Waals surface area (Å²) in [5.41, 5.74) is 7.59. The van der Waals surface area contributed by atoms with Gasteiger partial charge in [0.05, 0.1) is 22.3 Å². The number of fused-ring (bicyclic) bond motifs is 2. The number of hydrazine groups is 1. The Morgan fingerprint density at radius 2 is 1.70 bits per heavy atom. The fourth-order valence-corrected chi connectivity index (χ4v) is 2.69. The van der Waals surface area contributed by atoms with Crippen LogP contribution in [0.25, 0.3) is 22.0 Å². The average molecular weight is 360 g/mol. The van der Waals surface area contributed by atoms with Crippen molar-refractivity contribution in [2.75, 3.05) is 10.9 Å². The minimum absolute atomic E-state index is 0.343. The number of nitrogen functional groups attached to an aromatic ring is 1. The molecule has 0 saturated carbocycles. The quantitative estimate of drug-likeness (QED) is 0.222. The summed E-state index contributed by atoms with van der Waals surface area (Å²) in [6.07, 6.45) is 0. The van der Waals surface area contributed by atoms with Crippen molar-refractivity contribution in [1.29, 1.82) is 0 Å². The molecule has 0 radical (unpaired) electrons. The van der Waals surface area contributed by atoms with Gasteiger partial charge in [-0.3, -0.25) is 5.43 Å². The third-order valence-corrected chi connectivity index (χ3v) is 4.07. The number of nitrogens with one attached hydrogen (secondary N) is 2. The van der Waals surface area contributed by atoms with Crippen LogP contribution in [0.15, 0.2) is 68.9 Å². The summed E-state index contributed by atoms with van der Waals surface area (Å²) in [5.74, 6) is 6.23. The molecule has 0 unspecified atom stereocenters. The summed E-state index contributed by atoms with van der Waals surface area (Å²) in [6.45, 7) is 1.71. The summed E-state index contributed by atoms with van der Waals surface area (Å²) in [7, 11) is 0. The van der Waals surface area contributed by atoms with E-state index in [1.807, 2.05) is 42.5 Å². The van der Waals surface area contributed by atoms with Crippen molar-refractivity contribution in [3.8, 4) is 0 Å². The normalized spacial score (nSPS) is 11.7. The summed E-state index contributed by atoms with van der Waals surface area (Å²) in [4.78, 5) is 21.1. The van der Waals surface area contributed by atoms with Crippen LogP contribution in [0.5, 0.6) is 0 Å².